The molecule has 0 N–H and O–H groups in total. The molecule has 0 aliphatic carbocycles. The second-order valence-corrected chi connectivity index (χ2v) is 9.42. The minimum absolute atomic E-state index is 0.237. The molecular weight excluding hydrogens is 492 g/mol. The summed E-state index contributed by atoms with van der Waals surface area (Å²) in [4.78, 5) is 32.8. The molecule has 7 nitrogen and oxygen atoms in total. The summed E-state index contributed by atoms with van der Waals surface area (Å²) in [5, 5.41) is 0. The Morgan fingerprint density at radius 3 is 2.08 bits per heavy atom. The van der Waals surface area contributed by atoms with Gasteiger partial charge in [0.05, 0.1) is 31.9 Å². The molecule has 0 unspecified atom stereocenters. The highest BCUT2D eigenvalue weighted by Crippen LogP contribution is 2.46. The summed E-state index contributed by atoms with van der Waals surface area (Å²) in [6.45, 7) is 1.59. The Bertz CT molecular complexity index is 1370. The molecule has 0 radical (unpaired) electrons. The Morgan fingerprint density at radius 2 is 1.45 bits per heavy atom. The number of nitrogens with zero attached hydrogens (tertiary/aromatic N) is 3. The normalized spacial score (nSPS) is 19.3. The van der Waals surface area contributed by atoms with E-state index in [1.165, 1.54) is 31.3 Å². The minimum Gasteiger partial charge on any atom is -0.493 e. The van der Waals surface area contributed by atoms with Crippen LogP contribution in [-0.2, 0) is 4.79 Å². The zero-order valence-electron chi connectivity index (χ0n) is 21.5. The SMILES string of the molecule is COc1cc2c(cc1OC)[C@@H](C(=O)N1CCN(c3ccccc3F)CC1)[C@H](c1ccccc1F)N(C)C2=O. The van der Waals surface area contributed by atoms with Crippen LogP contribution in [0.25, 0.3) is 0 Å². The number of likely N-dealkylation sites (N-methyl/N-ethyl adjacent to an activating group) is 1. The van der Waals surface area contributed by atoms with Crippen LogP contribution in [-0.4, -0.2) is 69.1 Å². The van der Waals surface area contributed by atoms with Gasteiger partial charge in [-0.2, -0.15) is 0 Å². The third-order valence-corrected chi connectivity index (χ3v) is 7.45. The Kier molecular flexibility index (Phi) is 6.93. The number of rotatable bonds is 5. The zero-order chi connectivity index (χ0) is 27.0. The smallest absolute Gasteiger partial charge is 0.254 e. The molecule has 38 heavy (non-hydrogen) atoms. The number of ether oxygens (including phenoxy) is 2. The first kappa shape index (κ1) is 25.5. The van der Waals surface area contributed by atoms with E-state index >= 15 is 4.39 Å². The van der Waals surface area contributed by atoms with Crippen molar-refractivity contribution in [1.29, 1.82) is 0 Å². The molecule has 0 aromatic heterocycles. The first-order valence-corrected chi connectivity index (χ1v) is 12.4. The summed E-state index contributed by atoms with van der Waals surface area (Å²) in [5.74, 6) is -1.54. The maximum Gasteiger partial charge on any atom is 0.254 e. The largest absolute Gasteiger partial charge is 0.493 e. The number of hydrogen-bond donors (Lipinski definition) is 0. The summed E-state index contributed by atoms with van der Waals surface area (Å²) < 4.78 is 40.4. The lowest BCUT2D eigenvalue weighted by molar-refractivity contribution is -0.134. The summed E-state index contributed by atoms with van der Waals surface area (Å²) in [6, 6.07) is 15.1. The van der Waals surface area contributed by atoms with Crippen molar-refractivity contribution in [2.45, 2.75) is 12.0 Å². The molecule has 198 valence electrons. The van der Waals surface area contributed by atoms with Crippen LogP contribution in [0.2, 0.25) is 0 Å². The van der Waals surface area contributed by atoms with Gasteiger partial charge in [-0.15, -0.1) is 0 Å². The van der Waals surface area contributed by atoms with Crippen LogP contribution in [0.5, 0.6) is 11.5 Å². The van der Waals surface area contributed by atoms with Gasteiger partial charge in [0, 0.05) is 44.4 Å². The van der Waals surface area contributed by atoms with Crippen molar-refractivity contribution >= 4 is 17.5 Å². The number of halogens is 2. The number of para-hydroxylation sites is 1. The predicted molar refractivity (Wildman–Crippen MR) is 139 cm³/mol. The molecule has 0 bridgehead atoms. The molecule has 1 fully saturated rings. The van der Waals surface area contributed by atoms with Gasteiger partial charge in [-0.3, -0.25) is 9.59 Å². The summed E-state index contributed by atoms with van der Waals surface area (Å²) >= 11 is 0. The van der Waals surface area contributed by atoms with Crippen LogP contribution in [0.15, 0.2) is 60.7 Å². The Balaban J connectivity index is 1.55. The summed E-state index contributed by atoms with van der Waals surface area (Å²) in [7, 11) is 4.53. The lowest BCUT2D eigenvalue weighted by atomic mass is 9.78. The molecule has 1 saturated heterocycles. The highest BCUT2D eigenvalue weighted by molar-refractivity contribution is 6.02. The van der Waals surface area contributed by atoms with Crippen LogP contribution in [0.4, 0.5) is 14.5 Å². The number of piperazine rings is 1. The van der Waals surface area contributed by atoms with Crippen molar-refractivity contribution < 1.29 is 27.8 Å². The van der Waals surface area contributed by atoms with E-state index in [0.717, 1.165) is 0 Å². The fourth-order valence-corrected chi connectivity index (χ4v) is 5.49. The molecule has 9 heteroatoms. The number of hydrogen-bond acceptors (Lipinski definition) is 5. The van der Waals surface area contributed by atoms with Crippen molar-refractivity contribution in [2.75, 3.05) is 52.3 Å². The highest BCUT2D eigenvalue weighted by Gasteiger charge is 2.46. The minimum atomic E-state index is -0.885. The highest BCUT2D eigenvalue weighted by atomic mass is 19.1. The first-order chi connectivity index (χ1) is 18.3. The van der Waals surface area contributed by atoms with E-state index in [1.54, 1.807) is 60.5 Å². The lowest BCUT2D eigenvalue weighted by Crippen LogP contribution is -2.53. The van der Waals surface area contributed by atoms with Crippen LogP contribution in [0.3, 0.4) is 0 Å². The van der Waals surface area contributed by atoms with Crippen molar-refractivity contribution in [2.24, 2.45) is 0 Å². The van der Waals surface area contributed by atoms with E-state index in [9.17, 15) is 14.0 Å². The number of amides is 2. The van der Waals surface area contributed by atoms with Crippen molar-refractivity contribution in [1.82, 2.24) is 9.80 Å². The molecular formula is C29H29F2N3O4. The van der Waals surface area contributed by atoms with E-state index in [2.05, 4.69) is 0 Å². The van der Waals surface area contributed by atoms with E-state index in [-0.39, 0.29) is 23.2 Å². The van der Waals surface area contributed by atoms with Gasteiger partial charge in [0.15, 0.2) is 11.5 Å². The first-order valence-electron chi connectivity index (χ1n) is 12.4. The fraction of sp³-hybridized carbons (Fsp3) is 0.310. The van der Waals surface area contributed by atoms with Gasteiger partial charge in [0.25, 0.3) is 5.91 Å². The Labute approximate surface area is 220 Å². The fourth-order valence-electron chi connectivity index (χ4n) is 5.49. The summed E-state index contributed by atoms with van der Waals surface area (Å²) in [6.07, 6.45) is 0. The van der Waals surface area contributed by atoms with Gasteiger partial charge < -0.3 is 24.2 Å². The van der Waals surface area contributed by atoms with Crippen LogP contribution < -0.4 is 14.4 Å². The number of carbonyl (C=O) groups is 2. The number of anilines is 1. The Morgan fingerprint density at radius 1 is 0.842 bits per heavy atom. The van der Waals surface area contributed by atoms with Gasteiger partial charge in [0.1, 0.15) is 11.6 Å². The van der Waals surface area contributed by atoms with Crippen molar-refractivity contribution in [3.8, 4) is 11.5 Å². The molecule has 2 amide bonds. The molecule has 3 aromatic rings. The molecule has 0 spiro atoms. The number of methoxy groups -OCH3 is 2. The third kappa shape index (κ3) is 4.31. The molecule has 0 saturated carbocycles. The molecule has 2 heterocycles. The van der Waals surface area contributed by atoms with E-state index in [4.69, 9.17) is 9.47 Å². The molecule has 2 atom stereocenters. The number of fused-ring (bicyclic) bond motifs is 1. The van der Waals surface area contributed by atoms with E-state index in [0.29, 0.717) is 54.5 Å². The average molecular weight is 522 g/mol. The van der Waals surface area contributed by atoms with Crippen LogP contribution >= 0.6 is 0 Å². The third-order valence-electron chi connectivity index (χ3n) is 7.45. The number of carbonyl (C=O) groups excluding carboxylic acids is 2. The van der Waals surface area contributed by atoms with Gasteiger partial charge in [-0.1, -0.05) is 30.3 Å². The molecule has 2 aliphatic heterocycles. The molecule has 2 aliphatic rings. The quantitative estimate of drug-likeness (QED) is 0.503. The summed E-state index contributed by atoms with van der Waals surface area (Å²) in [5.41, 5.74) is 1.52. The van der Waals surface area contributed by atoms with Crippen molar-refractivity contribution in [3.05, 3.63) is 89.0 Å². The maximum absolute atomic E-state index is 15.1. The topological polar surface area (TPSA) is 62.3 Å². The Hall–Kier alpha value is -4.14. The second-order valence-electron chi connectivity index (χ2n) is 9.42. The van der Waals surface area contributed by atoms with Gasteiger partial charge >= 0.3 is 0 Å². The average Bonchev–Trinajstić information content (AvgIpc) is 2.94. The molecule has 5 rings (SSSR count). The standard InChI is InChI=1S/C29H29F2N3O4/c1-32-27(18-8-4-5-9-21(18)30)26(19-16-24(37-2)25(38-3)17-20(19)28(32)35)29(36)34-14-12-33(13-15-34)23-11-7-6-10-22(23)31/h4-11,16-17,26-27H,12-15H2,1-3H3/t26-,27+/m1/s1. The van der Waals surface area contributed by atoms with Crippen LogP contribution in [0, 0.1) is 11.6 Å². The second kappa shape index (κ2) is 10.3. The van der Waals surface area contributed by atoms with E-state index < -0.39 is 17.8 Å². The zero-order valence-corrected chi connectivity index (χ0v) is 21.5. The molecule has 3 aromatic carbocycles. The van der Waals surface area contributed by atoms with Gasteiger partial charge in [-0.05, 0) is 35.9 Å². The van der Waals surface area contributed by atoms with Gasteiger partial charge in [-0.25, -0.2) is 8.78 Å². The number of benzene rings is 3. The lowest BCUT2D eigenvalue weighted by Gasteiger charge is -2.43. The maximum atomic E-state index is 15.1. The van der Waals surface area contributed by atoms with Crippen molar-refractivity contribution in [3.63, 3.8) is 0 Å². The monoisotopic (exact) mass is 521 g/mol. The van der Waals surface area contributed by atoms with E-state index in [1.807, 2.05) is 4.90 Å². The predicted octanol–water partition coefficient (Wildman–Crippen LogP) is 4.24. The van der Waals surface area contributed by atoms with Gasteiger partial charge in [0.2, 0.25) is 5.91 Å². The van der Waals surface area contributed by atoms with Crippen LogP contribution in [0.1, 0.15) is 33.4 Å².